The lowest BCUT2D eigenvalue weighted by Crippen LogP contribution is -1.97. The number of Topliss-reactive ketones (excluding diaryl/α,β-unsaturated/α-hetero) is 2. The van der Waals surface area contributed by atoms with Crippen molar-refractivity contribution in [1.82, 2.24) is 4.57 Å². The lowest BCUT2D eigenvalue weighted by atomic mass is 10.2. The molecule has 8 nitrogen and oxygen atoms in total. The molecule has 0 spiro atoms. The van der Waals surface area contributed by atoms with Gasteiger partial charge in [-0.15, -0.1) is 0 Å². The van der Waals surface area contributed by atoms with E-state index in [0.717, 1.165) is 14.6 Å². The molecule has 2 N–H and O–H groups in total. The summed E-state index contributed by atoms with van der Waals surface area (Å²) >= 11 is 6.77. The molecule has 37 heavy (non-hydrogen) atoms. The van der Waals surface area contributed by atoms with E-state index in [9.17, 15) is 9.59 Å². The summed E-state index contributed by atoms with van der Waals surface area (Å²) in [6, 6.07) is 20.2. The van der Waals surface area contributed by atoms with E-state index in [1.807, 2.05) is 30.3 Å². The highest BCUT2D eigenvalue weighted by Gasteiger charge is 2.03. The molecule has 0 saturated heterocycles. The number of aryl methyl sites for hydroxylation is 2. The largest absolute Gasteiger partial charge is 0.399 e. The first-order chi connectivity index (χ1) is 16.9. The minimum atomic E-state index is 0. The lowest BCUT2D eigenvalue weighted by molar-refractivity contribution is -0.193. The first-order valence-corrected chi connectivity index (χ1v) is 11.9. The number of carbonyl (C=O) groups excluding carboxylic acids is 6. The van der Waals surface area contributed by atoms with Gasteiger partial charge in [-0.3, -0.25) is 0 Å². The Balaban J connectivity index is -0.000000438. The molecule has 0 radical (unpaired) electrons. The second-order valence-electron chi connectivity index (χ2n) is 7.06. The highest BCUT2D eigenvalue weighted by Crippen LogP contribution is 2.19. The van der Waals surface area contributed by atoms with Gasteiger partial charge >= 0.3 is 12.3 Å². The molecule has 200 valence electrons. The summed E-state index contributed by atoms with van der Waals surface area (Å²) in [5.41, 5.74) is 9.96. The fraction of sp³-hybridized carbons (Fsp3) is 0.259. The van der Waals surface area contributed by atoms with Crippen molar-refractivity contribution < 1.29 is 28.8 Å². The second-order valence-corrected chi connectivity index (χ2v) is 8.89. The van der Waals surface area contributed by atoms with E-state index >= 15 is 0 Å². The number of hydrogen-bond acceptors (Lipinski definition) is 7. The predicted octanol–water partition coefficient (Wildman–Crippen LogP) is 6.30. The number of anilines is 1. The number of nitrogens with zero attached hydrogens (tertiary/aromatic N) is 1. The third-order valence-electron chi connectivity index (χ3n) is 4.02. The first kappa shape index (κ1) is 38.1. The maximum Gasteiger partial charge on any atom is 0.373 e. The highest BCUT2D eigenvalue weighted by atomic mass is 79.9. The Morgan fingerprint density at radius 3 is 1.43 bits per heavy atom. The summed E-state index contributed by atoms with van der Waals surface area (Å²) < 4.78 is 4.38. The van der Waals surface area contributed by atoms with Gasteiger partial charge < -0.3 is 19.9 Å². The van der Waals surface area contributed by atoms with Gasteiger partial charge in [0, 0.05) is 44.5 Å². The van der Waals surface area contributed by atoms with Gasteiger partial charge in [0.25, 0.3) is 0 Å². The Kier molecular flexibility index (Phi) is 23.7. The van der Waals surface area contributed by atoms with Crippen molar-refractivity contribution in [1.29, 1.82) is 0 Å². The molecule has 0 aliphatic heterocycles. The summed E-state index contributed by atoms with van der Waals surface area (Å²) in [5.74, 6) is 0.167. The van der Waals surface area contributed by atoms with E-state index in [1.165, 1.54) is 30.9 Å². The summed E-state index contributed by atoms with van der Waals surface area (Å²) in [7, 11) is 0. The average molecular weight is 640 g/mol. The van der Waals surface area contributed by atoms with Crippen molar-refractivity contribution in [3.8, 4) is 5.69 Å². The number of rotatable bonds is 4. The number of carbonyl (C=O) groups is 2. The first-order valence-electron chi connectivity index (χ1n) is 10.3. The van der Waals surface area contributed by atoms with E-state index in [1.54, 1.807) is 0 Å². The third-order valence-corrected chi connectivity index (χ3v) is 5.00. The Hall–Kier alpha value is -3.42. The van der Waals surface area contributed by atoms with E-state index in [4.69, 9.17) is 24.9 Å². The quantitative estimate of drug-likeness (QED) is 0.331. The van der Waals surface area contributed by atoms with Crippen molar-refractivity contribution in [2.75, 3.05) is 5.73 Å². The fourth-order valence-corrected chi connectivity index (χ4v) is 3.35. The second kappa shape index (κ2) is 23.0. The number of hydrogen-bond donors (Lipinski definition) is 1. The Labute approximate surface area is 234 Å². The van der Waals surface area contributed by atoms with Crippen LogP contribution in [-0.4, -0.2) is 28.4 Å². The molecular formula is C27H32Br2N2O6. The predicted molar refractivity (Wildman–Crippen MR) is 149 cm³/mol. The van der Waals surface area contributed by atoms with Crippen LogP contribution in [0.25, 0.3) is 5.69 Å². The molecule has 2 aromatic carbocycles. The zero-order chi connectivity index (χ0) is 28.1. The highest BCUT2D eigenvalue weighted by molar-refractivity contribution is 9.10. The smallest absolute Gasteiger partial charge is 0.373 e. The van der Waals surface area contributed by atoms with Crippen LogP contribution < -0.4 is 5.73 Å². The fourth-order valence-electron chi connectivity index (χ4n) is 2.55. The Bertz CT molecular complexity index is 1100. The van der Waals surface area contributed by atoms with Crippen molar-refractivity contribution in [2.24, 2.45) is 0 Å². The lowest BCUT2D eigenvalue weighted by Gasteiger charge is -2.09. The van der Waals surface area contributed by atoms with Gasteiger partial charge in [0.15, 0.2) is 0 Å². The zero-order valence-corrected chi connectivity index (χ0v) is 23.6. The zero-order valence-electron chi connectivity index (χ0n) is 20.4. The number of benzene rings is 2. The van der Waals surface area contributed by atoms with Gasteiger partial charge in [-0.05, 0) is 76.2 Å². The number of nitrogens with two attached hydrogens (primary N) is 1. The molecule has 3 aromatic rings. The summed E-state index contributed by atoms with van der Waals surface area (Å²) in [4.78, 5) is 52.9. The van der Waals surface area contributed by atoms with E-state index in [-0.39, 0.29) is 31.3 Å². The molecule has 0 aliphatic carbocycles. The van der Waals surface area contributed by atoms with Crippen LogP contribution in [-0.2, 0) is 28.8 Å². The molecule has 0 amide bonds. The topological polar surface area (TPSA) is 133 Å². The number of ketones is 2. The molecule has 0 saturated carbocycles. The molecule has 0 unspecified atom stereocenters. The summed E-state index contributed by atoms with van der Waals surface area (Å²) in [5, 5.41) is 0. The number of aromatic nitrogens is 1. The standard InChI is InChI=1S/C12H12BrN.C6H6BrN.C6H10O2.2CO2.CH4/c1-9-6-7-10(2)14(9)12-5-3-4-11(13)8-12;7-5-2-1-3-6(8)4-5;1-5(7)3-4-6(2)8;2*2-1-3;/h3-8H,1-2H3;1-4H,8H2;3-4H2,1-2H3;;;1H4. The molecule has 0 fully saturated rings. The molecule has 1 aromatic heterocycles. The van der Waals surface area contributed by atoms with Crippen LogP contribution in [0.3, 0.4) is 0 Å². The normalized spacial score (nSPS) is 8.27. The van der Waals surface area contributed by atoms with Crippen LogP contribution in [0.2, 0.25) is 0 Å². The van der Waals surface area contributed by atoms with Gasteiger partial charge in [0.1, 0.15) is 11.6 Å². The van der Waals surface area contributed by atoms with Crippen LogP contribution in [0.1, 0.15) is 45.5 Å². The van der Waals surface area contributed by atoms with Gasteiger partial charge in [0.05, 0.1) is 0 Å². The van der Waals surface area contributed by atoms with Crippen LogP contribution in [0.4, 0.5) is 5.69 Å². The van der Waals surface area contributed by atoms with Crippen molar-refractivity contribution in [3.63, 3.8) is 0 Å². The molecule has 1 heterocycles. The van der Waals surface area contributed by atoms with Gasteiger partial charge in [-0.2, -0.15) is 19.2 Å². The maximum atomic E-state index is 10.2. The molecule has 0 bridgehead atoms. The van der Waals surface area contributed by atoms with E-state index in [2.05, 4.69) is 80.6 Å². The van der Waals surface area contributed by atoms with E-state index in [0.29, 0.717) is 12.8 Å². The van der Waals surface area contributed by atoms with Crippen molar-refractivity contribution in [2.45, 2.75) is 48.0 Å². The average Bonchev–Trinajstić information content (AvgIpc) is 3.12. The van der Waals surface area contributed by atoms with Crippen molar-refractivity contribution >= 4 is 61.4 Å². The Morgan fingerprint density at radius 1 is 0.757 bits per heavy atom. The number of nitrogen functional groups attached to an aromatic ring is 1. The summed E-state index contributed by atoms with van der Waals surface area (Å²) in [6.45, 7) is 7.22. The molecule has 0 atom stereocenters. The SMILES string of the molecule is C.CC(=O)CCC(C)=O.Cc1ccc(C)n1-c1cccc(Br)c1.Nc1cccc(Br)c1.O=C=O.O=C=O. The minimum absolute atomic E-state index is 0. The molecule has 10 heteroatoms. The monoisotopic (exact) mass is 638 g/mol. The summed E-state index contributed by atoms with van der Waals surface area (Å²) in [6.07, 6.45) is 1.30. The Morgan fingerprint density at radius 2 is 1.14 bits per heavy atom. The van der Waals surface area contributed by atoms with Crippen molar-refractivity contribution in [3.05, 3.63) is 81.0 Å². The van der Waals surface area contributed by atoms with Crippen LogP contribution in [0.5, 0.6) is 0 Å². The molecular weight excluding hydrogens is 608 g/mol. The number of halogens is 2. The molecule has 3 rings (SSSR count). The minimum Gasteiger partial charge on any atom is -0.399 e. The van der Waals surface area contributed by atoms with Gasteiger partial charge in [-0.1, -0.05) is 51.4 Å². The third kappa shape index (κ3) is 20.5. The van der Waals surface area contributed by atoms with Crippen LogP contribution in [0, 0.1) is 13.8 Å². The van der Waals surface area contributed by atoms with Gasteiger partial charge in [0.2, 0.25) is 0 Å². The van der Waals surface area contributed by atoms with Crippen LogP contribution in [0.15, 0.2) is 69.6 Å². The molecule has 0 aliphatic rings. The van der Waals surface area contributed by atoms with E-state index < -0.39 is 0 Å². The van der Waals surface area contributed by atoms with Crippen LogP contribution >= 0.6 is 31.9 Å². The maximum absolute atomic E-state index is 10.2. The van der Waals surface area contributed by atoms with Gasteiger partial charge in [-0.25, -0.2) is 0 Å².